The largest absolute Gasteiger partial charge is 0.325 e. The number of anilines is 1. The molecular weight excluding hydrogens is 506 g/mol. The summed E-state index contributed by atoms with van der Waals surface area (Å²) in [4.78, 5) is 38.7. The predicted molar refractivity (Wildman–Crippen MR) is 130 cm³/mol. The highest BCUT2D eigenvalue weighted by Crippen LogP contribution is 2.60. The normalized spacial score (nSPS) is 27.2. The molecule has 4 aliphatic rings. The maximum atomic E-state index is 13.5. The van der Waals surface area contributed by atoms with Crippen molar-refractivity contribution in [2.75, 3.05) is 5.32 Å². The quantitative estimate of drug-likeness (QED) is 0.467. The molecule has 0 saturated heterocycles. The van der Waals surface area contributed by atoms with E-state index >= 15 is 0 Å². The van der Waals surface area contributed by atoms with Gasteiger partial charge in [-0.25, -0.2) is 0 Å². The number of nitrogens with one attached hydrogen (secondary N) is 3. The lowest BCUT2D eigenvalue weighted by Crippen LogP contribution is -2.52. The first-order valence-corrected chi connectivity index (χ1v) is 12.5. The second-order valence-electron chi connectivity index (χ2n) is 9.76. The van der Waals surface area contributed by atoms with E-state index in [0.717, 1.165) is 19.3 Å². The van der Waals surface area contributed by atoms with Gasteiger partial charge in [0.2, 0.25) is 5.91 Å². The molecule has 33 heavy (non-hydrogen) atoms. The van der Waals surface area contributed by atoms with E-state index < -0.39 is 11.8 Å². The summed E-state index contributed by atoms with van der Waals surface area (Å²) in [5.41, 5.74) is 5.62. The van der Waals surface area contributed by atoms with Crippen molar-refractivity contribution in [3.05, 3.63) is 63.1 Å². The summed E-state index contributed by atoms with van der Waals surface area (Å²) in [5, 5.41) is 3.57. The molecule has 8 heteroatoms. The minimum atomic E-state index is -0.514. The van der Waals surface area contributed by atoms with Gasteiger partial charge in [-0.15, -0.1) is 0 Å². The Morgan fingerprint density at radius 1 is 0.848 bits per heavy atom. The second-order valence-corrected chi connectivity index (χ2v) is 11.1. The lowest BCUT2D eigenvalue weighted by atomic mass is 9.49. The van der Waals surface area contributed by atoms with Crippen LogP contribution in [-0.2, 0) is 4.79 Å². The van der Waals surface area contributed by atoms with Gasteiger partial charge >= 0.3 is 0 Å². The maximum absolute atomic E-state index is 13.5. The standard InChI is InChI=1S/C25H25BrClN3O3/c26-18-3-6-21(28-24(33)25-11-14-7-15(12-25)9-16(8-14)13-25)20(10-18)23(32)30-29-22(31)17-1-4-19(27)5-2-17/h1-6,10,14-16H,7-9,11-13H2,(H,28,33)(H,29,31)(H,30,32). The molecule has 0 aromatic heterocycles. The van der Waals surface area contributed by atoms with Crippen LogP contribution in [0, 0.1) is 23.2 Å². The van der Waals surface area contributed by atoms with Crippen molar-refractivity contribution in [3.63, 3.8) is 0 Å². The molecule has 0 radical (unpaired) electrons. The first kappa shape index (κ1) is 22.4. The molecule has 2 aromatic carbocycles. The van der Waals surface area contributed by atoms with E-state index in [-0.39, 0.29) is 16.9 Å². The fourth-order valence-corrected chi connectivity index (χ4v) is 6.80. The zero-order valence-corrected chi connectivity index (χ0v) is 20.3. The lowest BCUT2D eigenvalue weighted by Gasteiger charge is -2.55. The van der Waals surface area contributed by atoms with Gasteiger partial charge in [-0.1, -0.05) is 27.5 Å². The average Bonchev–Trinajstić information content (AvgIpc) is 2.78. The highest BCUT2D eigenvalue weighted by molar-refractivity contribution is 9.10. The van der Waals surface area contributed by atoms with Crippen LogP contribution >= 0.6 is 27.5 Å². The monoisotopic (exact) mass is 529 g/mol. The van der Waals surface area contributed by atoms with Crippen LogP contribution in [0.25, 0.3) is 0 Å². The number of hydrogen-bond acceptors (Lipinski definition) is 3. The van der Waals surface area contributed by atoms with Crippen LogP contribution in [0.4, 0.5) is 5.69 Å². The first-order valence-electron chi connectivity index (χ1n) is 11.3. The number of amides is 3. The number of hydrazine groups is 1. The fraction of sp³-hybridized carbons (Fsp3) is 0.400. The van der Waals surface area contributed by atoms with E-state index in [1.165, 1.54) is 19.3 Å². The summed E-state index contributed by atoms with van der Waals surface area (Å²) < 4.78 is 0.699. The topological polar surface area (TPSA) is 87.3 Å². The Labute approximate surface area is 205 Å². The summed E-state index contributed by atoms with van der Waals surface area (Å²) in [6, 6.07) is 11.5. The molecule has 0 atom stereocenters. The Kier molecular flexibility index (Phi) is 5.95. The second kappa shape index (κ2) is 8.76. The van der Waals surface area contributed by atoms with E-state index in [1.54, 1.807) is 42.5 Å². The summed E-state index contributed by atoms with van der Waals surface area (Å²) >= 11 is 9.25. The van der Waals surface area contributed by atoms with E-state index in [4.69, 9.17) is 11.6 Å². The van der Waals surface area contributed by atoms with E-state index in [9.17, 15) is 14.4 Å². The Morgan fingerprint density at radius 2 is 1.42 bits per heavy atom. The summed E-state index contributed by atoms with van der Waals surface area (Å²) in [7, 11) is 0. The number of rotatable bonds is 4. The summed E-state index contributed by atoms with van der Waals surface area (Å²) in [5.74, 6) is 0.991. The number of carbonyl (C=O) groups excluding carboxylic acids is 3. The number of carbonyl (C=O) groups is 3. The van der Waals surface area contributed by atoms with Crippen molar-refractivity contribution in [2.24, 2.45) is 23.2 Å². The average molecular weight is 531 g/mol. The van der Waals surface area contributed by atoms with E-state index in [2.05, 4.69) is 32.1 Å². The Balaban J connectivity index is 1.29. The predicted octanol–water partition coefficient (Wildman–Crippen LogP) is 5.33. The van der Waals surface area contributed by atoms with Crippen molar-refractivity contribution >= 4 is 50.9 Å². The zero-order valence-electron chi connectivity index (χ0n) is 18.0. The van der Waals surface area contributed by atoms with Crippen molar-refractivity contribution < 1.29 is 14.4 Å². The number of hydrogen-bond donors (Lipinski definition) is 3. The fourth-order valence-electron chi connectivity index (χ4n) is 6.31. The van der Waals surface area contributed by atoms with Gasteiger partial charge in [-0.3, -0.25) is 25.2 Å². The van der Waals surface area contributed by atoms with Gasteiger partial charge in [0.25, 0.3) is 11.8 Å². The third-order valence-corrected chi connectivity index (χ3v) is 8.14. The van der Waals surface area contributed by atoms with Crippen LogP contribution in [0.1, 0.15) is 59.2 Å². The van der Waals surface area contributed by atoms with Gasteiger partial charge in [-0.05, 0) is 98.7 Å². The van der Waals surface area contributed by atoms with Gasteiger partial charge in [0.1, 0.15) is 0 Å². The molecule has 4 saturated carbocycles. The van der Waals surface area contributed by atoms with Crippen LogP contribution in [-0.4, -0.2) is 17.7 Å². The molecular formula is C25H25BrClN3O3. The smallest absolute Gasteiger partial charge is 0.271 e. The van der Waals surface area contributed by atoms with Gasteiger partial charge in [-0.2, -0.15) is 0 Å². The molecule has 0 heterocycles. The van der Waals surface area contributed by atoms with Gasteiger partial charge < -0.3 is 5.32 Å². The Morgan fingerprint density at radius 3 is 2.03 bits per heavy atom. The third-order valence-electron chi connectivity index (χ3n) is 7.39. The zero-order chi connectivity index (χ0) is 23.2. The molecule has 4 bridgehead atoms. The van der Waals surface area contributed by atoms with Crippen LogP contribution in [0.3, 0.4) is 0 Å². The molecule has 3 N–H and O–H groups in total. The van der Waals surface area contributed by atoms with Crippen molar-refractivity contribution in [3.8, 4) is 0 Å². The van der Waals surface area contributed by atoms with Crippen molar-refractivity contribution in [1.29, 1.82) is 0 Å². The molecule has 0 unspecified atom stereocenters. The van der Waals surface area contributed by atoms with Gasteiger partial charge in [0, 0.05) is 15.1 Å². The highest BCUT2D eigenvalue weighted by Gasteiger charge is 2.54. The first-order chi connectivity index (χ1) is 15.8. The van der Waals surface area contributed by atoms with Crippen LogP contribution in [0.15, 0.2) is 46.9 Å². The van der Waals surface area contributed by atoms with Crippen molar-refractivity contribution in [1.82, 2.24) is 10.9 Å². The van der Waals surface area contributed by atoms with Gasteiger partial charge in [0.05, 0.1) is 16.7 Å². The molecule has 3 amide bonds. The molecule has 0 aliphatic heterocycles. The van der Waals surface area contributed by atoms with Gasteiger partial charge in [0.15, 0.2) is 0 Å². The number of halogens is 2. The molecule has 0 spiro atoms. The minimum absolute atomic E-state index is 0.0168. The molecule has 4 aliphatic carbocycles. The summed E-state index contributed by atoms with van der Waals surface area (Å²) in [6.07, 6.45) is 6.60. The Bertz CT molecular complexity index is 1080. The van der Waals surface area contributed by atoms with Crippen molar-refractivity contribution in [2.45, 2.75) is 38.5 Å². The molecule has 4 fully saturated rings. The molecule has 172 valence electrons. The third kappa shape index (κ3) is 4.53. The lowest BCUT2D eigenvalue weighted by molar-refractivity contribution is -0.140. The SMILES string of the molecule is O=C(NNC(=O)c1cc(Br)ccc1NC(=O)C12CC3CC(CC(C3)C1)C2)c1ccc(Cl)cc1. The summed E-state index contributed by atoms with van der Waals surface area (Å²) in [6.45, 7) is 0. The Hall–Kier alpha value is -2.38. The van der Waals surface area contributed by atoms with E-state index in [0.29, 0.717) is 38.5 Å². The minimum Gasteiger partial charge on any atom is -0.325 e. The number of benzene rings is 2. The molecule has 2 aromatic rings. The molecule has 6 rings (SSSR count). The molecule has 6 nitrogen and oxygen atoms in total. The van der Waals surface area contributed by atoms with Crippen LogP contribution in [0.2, 0.25) is 5.02 Å². The van der Waals surface area contributed by atoms with Crippen LogP contribution in [0.5, 0.6) is 0 Å². The highest BCUT2D eigenvalue weighted by atomic mass is 79.9. The van der Waals surface area contributed by atoms with Crippen LogP contribution < -0.4 is 16.2 Å². The maximum Gasteiger partial charge on any atom is 0.271 e. The van der Waals surface area contributed by atoms with E-state index in [1.807, 2.05) is 0 Å².